The largest absolute Gasteiger partial charge is 0.458 e. The fourth-order valence-electron chi connectivity index (χ4n) is 2.92. The molecule has 14 nitrogen and oxygen atoms in total. The molecule has 0 N–H and O–H groups in total. The molecule has 0 heterocycles. The molecule has 0 spiro atoms. The maximum atomic E-state index is 11.8. The lowest BCUT2D eigenvalue weighted by Crippen LogP contribution is -2.36. The van der Waals surface area contributed by atoms with Crippen LogP contribution in [0.2, 0.25) is 0 Å². The van der Waals surface area contributed by atoms with E-state index in [1.54, 1.807) is 7.05 Å². The van der Waals surface area contributed by atoms with E-state index in [9.17, 15) is 9.59 Å². The van der Waals surface area contributed by atoms with Crippen molar-refractivity contribution in [1.82, 2.24) is 4.90 Å². The molecular formula is C30H59NO13. The number of hydrogen-bond acceptors (Lipinski definition) is 13. The summed E-state index contributed by atoms with van der Waals surface area (Å²) in [4.78, 5) is 24.8. The Morgan fingerprint density at radius 1 is 0.432 bits per heavy atom. The molecule has 0 fully saturated rings. The SMILES string of the molecule is CN(CCOCCOCCOCCOCCOCCOCCOCCOCCOCC(=O)OC(C)(C)C)C(=O)OC(C)(C)C. The normalized spacial score (nSPS) is 12.0. The van der Waals surface area contributed by atoms with Gasteiger partial charge in [0.15, 0.2) is 0 Å². The van der Waals surface area contributed by atoms with Crippen LogP contribution in [-0.2, 0) is 56.9 Å². The fourth-order valence-corrected chi connectivity index (χ4v) is 2.92. The van der Waals surface area contributed by atoms with Crippen molar-refractivity contribution in [3.05, 3.63) is 0 Å². The van der Waals surface area contributed by atoms with Crippen molar-refractivity contribution in [2.75, 3.05) is 133 Å². The van der Waals surface area contributed by atoms with Gasteiger partial charge in [-0.15, -0.1) is 0 Å². The summed E-state index contributed by atoms with van der Waals surface area (Å²) in [5.74, 6) is -0.390. The van der Waals surface area contributed by atoms with E-state index in [2.05, 4.69) is 0 Å². The van der Waals surface area contributed by atoms with Crippen LogP contribution in [0.5, 0.6) is 0 Å². The highest BCUT2D eigenvalue weighted by Gasteiger charge is 2.19. The highest BCUT2D eigenvalue weighted by Crippen LogP contribution is 2.09. The van der Waals surface area contributed by atoms with Crippen molar-refractivity contribution in [3.8, 4) is 0 Å². The zero-order chi connectivity index (χ0) is 32.9. The van der Waals surface area contributed by atoms with Crippen molar-refractivity contribution in [2.24, 2.45) is 0 Å². The Balaban J connectivity index is 3.21. The van der Waals surface area contributed by atoms with Crippen LogP contribution in [-0.4, -0.2) is 161 Å². The lowest BCUT2D eigenvalue weighted by atomic mass is 10.2. The van der Waals surface area contributed by atoms with Crippen LogP contribution in [0.25, 0.3) is 0 Å². The van der Waals surface area contributed by atoms with E-state index >= 15 is 0 Å². The minimum absolute atomic E-state index is 0.0863. The van der Waals surface area contributed by atoms with Crippen molar-refractivity contribution < 1.29 is 61.7 Å². The predicted molar refractivity (Wildman–Crippen MR) is 162 cm³/mol. The molecule has 0 atom stereocenters. The van der Waals surface area contributed by atoms with Gasteiger partial charge in [0.1, 0.15) is 17.8 Å². The van der Waals surface area contributed by atoms with Gasteiger partial charge >= 0.3 is 12.1 Å². The van der Waals surface area contributed by atoms with Crippen molar-refractivity contribution >= 4 is 12.1 Å². The molecule has 0 aromatic carbocycles. The van der Waals surface area contributed by atoms with E-state index in [-0.39, 0.29) is 18.7 Å². The Kier molecular flexibility index (Phi) is 26.7. The average molecular weight is 642 g/mol. The summed E-state index contributed by atoms with van der Waals surface area (Å²) in [5, 5.41) is 0. The number of ether oxygens (including phenoxy) is 11. The fraction of sp³-hybridized carbons (Fsp3) is 0.933. The molecule has 0 aliphatic heterocycles. The standard InChI is InChI=1S/C30H59NO13/c1-29(2,3)43-27(32)26-42-25-24-41-23-22-40-21-20-39-19-18-38-17-16-37-15-14-36-13-12-35-11-10-34-9-8-31(7)28(33)44-30(4,5)6/h8-26H2,1-7H3. The number of amides is 1. The first-order valence-corrected chi connectivity index (χ1v) is 15.3. The van der Waals surface area contributed by atoms with E-state index in [0.29, 0.717) is 119 Å². The molecule has 0 rings (SSSR count). The predicted octanol–water partition coefficient (Wildman–Crippen LogP) is 2.34. The van der Waals surface area contributed by atoms with Crippen LogP contribution in [0, 0.1) is 0 Å². The molecule has 0 saturated heterocycles. The summed E-state index contributed by atoms with van der Waals surface area (Å²) in [6.07, 6.45) is -0.368. The molecule has 1 amide bonds. The van der Waals surface area contributed by atoms with Gasteiger partial charge in [-0.1, -0.05) is 0 Å². The van der Waals surface area contributed by atoms with Crippen LogP contribution >= 0.6 is 0 Å². The van der Waals surface area contributed by atoms with Gasteiger partial charge in [0, 0.05) is 13.6 Å². The summed E-state index contributed by atoms with van der Waals surface area (Å²) in [5.41, 5.74) is -1.03. The molecule has 0 bridgehead atoms. The zero-order valence-corrected chi connectivity index (χ0v) is 28.2. The first-order chi connectivity index (χ1) is 20.9. The first-order valence-electron chi connectivity index (χ1n) is 15.3. The second-order valence-corrected chi connectivity index (χ2v) is 11.4. The topological polar surface area (TPSA) is 139 Å². The number of hydrogen-bond donors (Lipinski definition) is 0. The smallest absolute Gasteiger partial charge is 0.410 e. The van der Waals surface area contributed by atoms with Gasteiger partial charge in [0.2, 0.25) is 0 Å². The highest BCUT2D eigenvalue weighted by molar-refractivity contribution is 5.71. The van der Waals surface area contributed by atoms with E-state index in [4.69, 9.17) is 52.1 Å². The molecule has 0 aliphatic rings. The Morgan fingerprint density at radius 3 is 1.00 bits per heavy atom. The van der Waals surface area contributed by atoms with Crippen molar-refractivity contribution in [1.29, 1.82) is 0 Å². The Hall–Kier alpha value is -1.62. The number of rotatable bonds is 29. The molecule has 0 saturated carbocycles. The van der Waals surface area contributed by atoms with Gasteiger partial charge in [-0.2, -0.15) is 0 Å². The van der Waals surface area contributed by atoms with Crippen molar-refractivity contribution in [3.63, 3.8) is 0 Å². The summed E-state index contributed by atoms with van der Waals surface area (Å²) in [6, 6.07) is 0. The average Bonchev–Trinajstić information content (AvgIpc) is 2.92. The summed E-state index contributed by atoms with van der Waals surface area (Å²) >= 11 is 0. The minimum Gasteiger partial charge on any atom is -0.458 e. The lowest BCUT2D eigenvalue weighted by molar-refractivity contribution is -0.160. The van der Waals surface area contributed by atoms with E-state index < -0.39 is 11.2 Å². The van der Waals surface area contributed by atoms with Gasteiger partial charge in [0.05, 0.1) is 112 Å². The number of carbonyl (C=O) groups is 2. The Morgan fingerprint density at radius 2 is 0.705 bits per heavy atom. The molecule has 0 radical (unpaired) electrons. The number of esters is 1. The lowest BCUT2D eigenvalue weighted by Gasteiger charge is -2.24. The number of likely N-dealkylation sites (N-methyl/N-ethyl adjacent to an activating group) is 1. The summed E-state index contributed by atoms with van der Waals surface area (Å²) in [7, 11) is 1.68. The summed E-state index contributed by atoms with van der Waals surface area (Å²) < 4.78 is 59.2. The van der Waals surface area contributed by atoms with Crippen LogP contribution < -0.4 is 0 Å². The van der Waals surface area contributed by atoms with Gasteiger partial charge < -0.3 is 57.0 Å². The Labute approximate surface area is 264 Å². The third kappa shape index (κ3) is 33.3. The molecule has 44 heavy (non-hydrogen) atoms. The molecule has 0 unspecified atom stereocenters. The van der Waals surface area contributed by atoms with Crippen LogP contribution in [0.1, 0.15) is 41.5 Å². The van der Waals surface area contributed by atoms with Crippen LogP contribution in [0.3, 0.4) is 0 Å². The molecule has 14 heteroatoms. The second kappa shape index (κ2) is 27.7. The first kappa shape index (κ1) is 42.4. The van der Waals surface area contributed by atoms with Gasteiger partial charge in [-0.3, -0.25) is 0 Å². The van der Waals surface area contributed by atoms with E-state index in [0.717, 1.165) is 0 Å². The third-order valence-electron chi connectivity index (χ3n) is 4.89. The minimum atomic E-state index is -0.513. The molecule has 0 aromatic rings. The Bertz CT molecular complexity index is 683. The molecule has 0 aromatic heterocycles. The van der Waals surface area contributed by atoms with Gasteiger partial charge in [-0.25, -0.2) is 9.59 Å². The maximum Gasteiger partial charge on any atom is 0.410 e. The monoisotopic (exact) mass is 641 g/mol. The number of nitrogens with zero attached hydrogens (tertiary/aromatic N) is 1. The van der Waals surface area contributed by atoms with E-state index in [1.807, 2.05) is 41.5 Å². The van der Waals surface area contributed by atoms with Crippen molar-refractivity contribution in [2.45, 2.75) is 52.7 Å². The second-order valence-electron chi connectivity index (χ2n) is 11.4. The zero-order valence-electron chi connectivity index (χ0n) is 28.2. The van der Waals surface area contributed by atoms with Gasteiger partial charge in [0.25, 0.3) is 0 Å². The quantitative estimate of drug-likeness (QED) is 0.0873. The molecular weight excluding hydrogens is 582 g/mol. The van der Waals surface area contributed by atoms with Gasteiger partial charge in [-0.05, 0) is 41.5 Å². The van der Waals surface area contributed by atoms with E-state index in [1.165, 1.54) is 4.90 Å². The van der Waals surface area contributed by atoms with Crippen LogP contribution in [0.4, 0.5) is 4.79 Å². The molecule has 0 aliphatic carbocycles. The molecule has 262 valence electrons. The summed E-state index contributed by atoms with van der Waals surface area (Å²) in [6.45, 7) is 18.9. The highest BCUT2D eigenvalue weighted by atomic mass is 16.6. The maximum absolute atomic E-state index is 11.8. The number of carbonyl (C=O) groups excluding carboxylic acids is 2. The van der Waals surface area contributed by atoms with Crippen LogP contribution in [0.15, 0.2) is 0 Å². The third-order valence-corrected chi connectivity index (χ3v) is 4.89.